The molecule has 0 radical (unpaired) electrons. The maximum atomic E-state index is 11.4. The van der Waals surface area contributed by atoms with E-state index in [1.54, 1.807) is 18.9 Å². The summed E-state index contributed by atoms with van der Waals surface area (Å²) < 4.78 is 4.90. The molecule has 0 aromatic heterocycles. The van der Waals surface area contributed by atoms with E-state index >= 15 is 0 Å². The minimum absolute atomic E-state index is 0.139. The second kappa shape index (κ2) is 6.92. The molecule has 0 bridgehead atoms. The van der Waals surface area contributed by atoms with Gasteiger partial charge in [-0.1, -0.05) is 6.07 Å². The van der Waals surface area contributed by atoms with Gasteiger partial charge in [0.15, 0.2) is 0 Å². The number of rotatable bonds is 5. The molecule has 5 heteroatoms. The Bertz CT molecular complexity index is 469. The fourth-order valence-corrected chi connectivity index (χ4v) is 2.17. The highest BCUT2D eigenvalue weighted by atomic mass is 32.2. The van der Waals surface area contributed by atoms with Crippen molar-refractivity contribution in [3.8, 4) is 6.07 Å². The molecule has 0 aliphatic carbocycles. The minimum Gasteiger partial charge on any atom is -0.465 e. The third kappa shape index (κ3) is 3.41. The van der Waals surface area contributed by atoms with Crippen LogP contribution in [0.1, 0.15) is 12.5 Å². The average Bonchev–Trinajstić information content (AvgIpc) is 2.37. The van der Waals surface area contributed by atoms with E-state index in [0.717, 1.165) is 10.6 Å². The summed E-state index contributed by atoms with van der Waals surface area (Å²) in [6.45, 7) is 2.27. The van der Waals surface area contributed by atoms with E-state index in [1.807, 2.05) is 24.5 Å². The fourth-order valence-electron chi connectivity index (χ4n) is 1.61. The van der Waals surface area contributed by atoms with Crippen LogP contribution in [0.15, 0.2) is 23.1 Å². The van der Waals surface area contributed by atoms with Crippen molar-refractivity contribution in [3.05, 3.63) is 23.8 Å². The minimum atomic E-state index is -0.293. The van der Waals surface area contributed by atoms with Crippen LogP contribution in [0.2, 0.25) is 0 Å². The van der Waals surface area contributed by atoms with E-state index in [1.165, 1.54) is 11.8 Å². The number of carbonyl (C=O) groups is 1. The molecule has 0 atom stereocenters. The summed E-state index contributed by atoms with van der Waals surface area (Å²) in [4.78, 5) is 14.1. The number of anilines is 1. The topological polar surface area (TPSA) is 53.3 Å². The second-order valence-corrected chi connectivity index (χ2v) is 4.48. The molecule has 0 unspecified atom stereocenters. The third-order valence-electron chi connectivity index (χ3n) is 2.42. The van der Waals surface area contributed by atoms with Gasteiger partial charge in [-0.25, -0.2) is 0 Å². The molecule has 0 spiro atoms. The van der Waals surface area contributed by atoms with Gasteiger partial charge in [-0.3, -0.25) is 4.79 Å². The number of hydrogen-bond acceptors (Lipinski definition) is 5. The lowest BCUT2D eigenvalue weighted by Gasteiger charge is -2.20. The molecule has 4 nitrogen and oxygen atoms in total. The number of thioether (sulfide) groups is 1. The van der Waals surface area contributed by atoms with Gasteiger partial charge in [0.2, 0.25) is 0 Å². The summed E-state index contributed by atoms with van der Waals surface area (Å²) in [5.41, 5.74) is 1.34. The summed E-state index contributed by atoms with van der Waals surface area (Å²) in [6, 6.07) is 7.79. The zero-order valence-electron chi connectivity index (χ0n) is 10.8. The first kappa shape index (κ1) is 14.4. The van der Waals surface area contributed by atoms with Gasteiger partial charge in [0.1, 0.15) is 12.6 Å². The number of carbonyl (C=O) groups excluding carboxylic acids is 1. The Morgan fingerprint density at radius 1 is 1.56 bits per heavy atom. The van der Waals surface area contributed by atoms with Crippen LogP contribution in [0.25, 0.3) is 0 Å². The van der Waals surface area contributed by atoms with Crippen LogP contribution in [-0.4, -0.2) is 32.4 Å². The maximum absolute atomic E-state index is 11.4. The molecule has 0 saturated carbocycles. The highest BCUT2D eigenvalue weighted by Crippen LogP contribution is 2.28. The monoisotopic (exact) mass is 264 g/mol. The lowest BCUT2D eigenvalue weighted by Crippen LogP contribution is -2.27. The molecule has 0 saturated heterocycles. The molecule has 0 aliphatic rings. The highest BCUT2D eigenvalue weighted by molar-refractivity contribution is 7.98. The summed E-state index contributed by atoms with van der Waals surface area (Å²) in [7, 11) is 1.78. The van der Waals surface area contributed by atoms with Gasteiger partial charge in [0.05, 0.1) is 17.9 Å². The van der Waals surface area contributed by atoms with Gasteiger partial charge in [-0.05, 0) is 25.3 Å². The van der Waals surface area contributed by atoms with Gasteiger partial charge < -0.3 is 9.64 Å². The summed E-state index contributed by atoms with van der Waals surface area (Å²) >= 11 is 1.52. The molecular formula is C13H16N2O2S. The molecule has 0 N–H and O–H groups in total. The second-order valence-electron chi connectivity index (χ2n) is 3.63. The Kier molecular flexibility index (Phi) is 5.53. The van der Waals surface area contributed by atoms with Crippen molar-refractivity contribution < 1.29 is 9.53 Å². The van der Waals surface area contributed by atoms with E-state index in [0.29, 0.717) is 12.2 Å². The smallest absolute Gasteiger partial charge is 0.325 e. The van der Waals surface area contributed by atoms with Gasteiger partial charge in [0, 0.05) is 11.9 Å². The van der Waals surface area contributed by atoms with Crippen LogP contribution in [0, 0.1) is 11.3 Å². The van der Waals surface area contributed by atoms with Crippen molar-refractivity contribution >= 4 is 23.4 Å². The largest absolute Gasteiger partial charge is 0.465 e. The summed E-state index contributed by atoms with van der Waals surface area (Å²) in [5, 5.41) is 9.21. The fraction of sp³-hybridized carbons (Fsp3) is 0.385. The van der Waals surface area contributed by atoms with Crippen LogP contribution in [0.4, 0.5) is 5.69 Å². The molecule has 0 fully saturated rings. The van der Waals surface area contributed by atoms with Crippen molar-refractivity contribution in [1.29, 1.82) is 5.26 Å². The van der Waals surface area contributed by atoms with Crippen LogP contribution in [0.5, 0.6) is 0 Å². The number of benzene rings is 1. The first-order valence-electron chi connectivity index (χ1n) is 5.57. The average molecular weight is 264 g/mol. The molecular weight excluding hydrogens is 248 g/mol. The SMILES string of the molecule is CCOC(=O)CN(C)c1cccc(SC)c1C#N. The zero-order valence-corrected chi connectivity index (χ0v) is 11.6. The molecule has 1 rings (SSSR count). The van der Waals surface area contributed by atoms with Crippen LogP contribution < -0.4 is 4.90 Å². The number of ether oxygens (including phenoxy) is 1. The van der Waals surface area contributed by atoms with E-state index in [2.05, 4.69) is 6.07 Å². The summed E-state index contributed by atoms with van der Waals surface area (Å²) in [5.74, 6) is -0.293. The van der Waals surface area contributed by atoms with E-state index in [4.69, 9.17) is 4.74 Å². The molecule has 0 amide bonds. The molecule has 0 heterocycles. The number of esters is 1. The van der Waals surface area contributed by atoms with Crippen molar-refractivity contribution in [2.45, 2.75) is 11.8 Å². The Morgan fingerprint density at radius 2 is 2.28 bits per heavy atom. The van der Waals surface area contributed by atoms with Crippen molar-refractivity contribution in [2.24, 2.45) is 0 Å². The Labute approximate surface area is 112 Å². The third-order valence-corrected chi connectivity index (χ3v) is 3.20. The van der Waals surface area contributed by atoms with Crippen molar-refractivity contribution in [3.63, 3.8) is 0 Å². The lowest BCUT2D eigenvalue weighted by molar-refractivity contribution is -0.141. The van der Waals surface area contributed by atoms with Crippen LogP contribution in [0.3, 0.4) is 0 Å². The van der Waals surface area contributed by atoms with Crippen LogP contribution in [-0.2, 0) is 9.53 Å². The molecule has 1 aromatic carbocycles. The number of nitrogens with zero attached hydrogens (tertiary/aromatic N) is 2. The summed E-state index contributed by atoms with van der Waals surface area (Å²) in [6.07, 6.45) is 1.92. The van der Waals surface area contributed by atoms with E-state index in [9.17, 15) is 10.1 Å². The molecule has 0 aliphatic heterocycles. The van der Waals surface area contributed by atoms with Crippen molar-refractivity contribution in [2.75, 3.05) is 31.4 Å². The van der Waals surface area contributed by atoms with Crippen molar-refractivity contribution in [1.82, 2.24) is 0 Å². The lowest BCUT2D eigenvalue weighted by atomic mass is 10.2. The van der Waals surface area contributed by atoms with Gasteiger partial charge >= 0.3 is 5.97 Å². The quantitative estimate of drug-likeness (QED) is 0.603. The Hall–Kier alpha value is -1.67. The first-order valence-corrected chi connectivity index (χ1v) is 6.80. The predicted molar refractivity (Wildman–Crippen MR) is 72.8 cm³/mol. The Balaban J connectivity index is 2.95. The normalized spacial score (nSPS) is 9.67. The highest BCUT2D eigenvalue weighted by Gasteiger charge is 2.14. The Morgan fingerprint density at radius 3 is 2.83 bits per heavy atom. The van der Waals surface area contributed by atoms with Gasteiger partial charge in [0.25, 0.3) is 0 Å². The standard InChI is InChI=1S/C13H16N2O2S/c1-4-17-13(16)9-15(2)11-6-5-7-12(18-3)10(11)8-14/h5-7H,4,9H2,1-3H3. The van der Waals surface area contributed by atoms with Gasteiger partial charge in [-0.15, -0.1) is 11.8 Å². The van der Waals surface area contributed by atoms with E-state index in [-0.39, 0.29) is 12.5 Å². The number of nitriles is 1. The predicted octanol–water partition coefficient (Wildman–Crippen LogP) is 2.28. The van der Waals surface area contributed by atoms with Crippen LogP contribution >= 0.6 is 11.8 Å². The number of likely N-dealkylation sites (N-methyl/N-ethyl adjacent to an activating group) is 1. The maximum Gasteiger partial charge on any atom is 0.325 e. The van der Waals surface area contributed by atoms with E-state index < -0.39 is 0 Å². The molecule has 96 valence electrons. The van der Waals surface area contributed by atoms with Gasteiger partial charge in [-0.2, -0.15) is 5.26 Å². The number of hydrogen-bond donors (Lipinski definition) is 0. The first-order chi connectivity index (χ1) is 8.63. The zero-order chi connectivity index (χ0) is 13.5. The molecule has 18 heavy (non-hydrogen) atoms. The molecule has 1 aromatic rings.